The van der Waals surface area contributed by atoms with Gasteiger partial charge in [-0.25, -0.2) is 13.1 Å². The molecule has 0 spiro atoms. The normalized spacial score (nSPS) is 11.2. The van der Waals surface area contributed by atoms with Crippen LogP contribution in [0.5, 0.6) is 0 Å². The van der Waals surface area contributed by atoms with E-state index in [0.717, 1.165) is 0 Å². The predicted octanol–water partition coefficient (Wildman–Crippen LogP) is 0.272. The van der Waals surface area contributed by atoms with Gasteiger partial charge in [0, 0.05) is 12.1 Å². The van der Waals surface area contributed by atoms with Crippen LogP contribution in [0.1, 0.15) is 12.8 Å². The van der Waals surface area contributed by atoms with E-state index in [2.05, 4.69) is 10.0 Å². The summed E-state index contributed by atoms with van der Waals surface area (Å²) in [7, 11) is -2.09. The van der Waals surface area contributed by atoms with Gasteiger partial charge < -0.3 is 11.1 Å². The zero-order chi connectivity index (χ0) is 13.6. The monoisotopic (exact) mass is 271 g/mol. The van der Waals surface area contributed by atoms with Crippen LogP contribution < -0.4 is 15.8 Å². The minimum absolute atomic E-state index is 0.135. The van der Waals surface area contributed by atoms with Gasteiger partial charge in [-0.2, -0.15) is 0 Å². The lowest BCUT2D eigenvalue weighted by Crippen LogP contribution is -2.18. The maximum absolute atomic E-state index is 11.5. The molecule has 4 N–H and O–H groups in total. The average molecular weight is 271 g/mol. The van der Waals surface area contributed by atoms with Gasteiger partial charge in [-0.1, -0.05) is 0 Å². The Morgan fingerprint density at radius 1 is 1.28 bits per heavy atom. The molecular formula is C11H17N3O3S. The van der Waals surface area contributed by atoms with Crippen LogP contribution >= 0.6 is 0 Å². The first-order valence-electron chi connectivity index (χ1n) is 5.53. The van der Waals surface area contributed by atoms with Crippen molar-refractivity contribution in [2.75, 3.05) is 18.9 Å². The van der Waals surface area contributed by atoms with Gasteiger partial charge in [0.25, 0.3) is 0 Å². The summed E-state index contributed by atoms with van der Waals surface area (Å²) in [6.07, 6.45) is 0.977. The molecule has 7 heteroatoms. The van der Waals surface area contributed by atoms with Crippen LogP contribution in [0, 0.1) is 0 Å². The van der Waals surface area contributed by atoms with Crippen LogP contribution in [-0.4, -0.2) is 27.9 Å². The molecule has 0 radical (unpaired) electrons. The molecule has 0 unspecified atom stereocenters. The first-order chi connectivity index (χ1) is 8.49. The van der Waals surface area contributed by atoms with Crippen molar-refractivity contribution in [2.45, 2.75) is 17.7 Å². The molecule has 100 valence electrons. The minimum Gasteiger partial charge on any atom is -0.330 e. The largest absolute Gasteiger partial charge is 0.330 e. The molecule has 6 nitrogen and oxygen atoms in total. The van der Waals surface area contributed by atoms with Crippen LogP contribution in [0.15, 0.2) is 29.2 Å². The van der Waals surface area contributed by atoms with Crippen LogP contribution in [-0.2, 0) is 14.8 Å². The fraction of sp³-hybridized carbons (Fsp3) is 0.364. The molecular weight excluding hydrogens is 254 g/mol. The Bertz CT molecular complexity index is 497. The number of hydrogen-bond donors (Lipinski definition) is 3. The fourth-order valence-electron chi connectivity index (χ4n) is 1.32. The lowest BCUT2D eigenvalue weighted by atomic mass is 10.2. The lowest BCUT2D eigenvalue weighted by Gasteiger charge is -2.06. The summed E-state index contributed by atoms with van der Waals surface area (Å²) in [6.45, 7) is 0.465. The van der Waals surface area contributed by atoms with Gasteiger partial charge in [0.15, 0.2) is 0 Å². The predicted molar refractivity (Wildman–Crippen MR) is 69.6 cm³/mol. The third kappa shape index (κ3) is 4.10. The van der Waals surface area contributed by atoms with Gasteiger partial charge in [0.1, 0.15) is 0 Å². The third-order valence-electron chi connectivity index (χ3n) is 2.33. The molecule has 0 aliphatic heterocycles. The van der Waals surface area contributed by atoms with E-state index in [4.69, 9.17) is 5.73 Å². The number of hydrogen-bond acceptors (Lipinski definition) is 4. The average Bonchev–Trinajstić information content (AvgIpc) is 2.37. The van der Waals surface area contributed by atoms with Gasteiger partial charge in [0.2, 0.25) is 15.9 Å². The van der Waals surface area contributed by atoms with Crippen LogP contribution in [0.3, 0.4) is 0 Å². The van der Waals surface area contributed by atoms with Crippen LogP contribution in [0.25, 0.3) is 0 Å². The number of anilines is 1. The second-order valence-electron chi connectivity index (χ2n) is 3.67. The molecule has 0 aromatic heterocycles. The molecule has 0 heterocycles. The summed E-state index contributed by atoms with van der Waals surface area (Å²) in [5, 5.41) is 2.66. The van der Waals surface area contributed by atoms with E-state index < -0.39 is 10.0 Å². The number of nitrogens with one attached hydrogen (secondary N) is 2. The second-order valence-corrected chi connectivity index (χ2v) is 5.56. The smallest absolute Gasteiger partial charge is 0.240 e. The fourth-order valence-corrected chi connectivity index (χ4v) is 2.05. The zero-order valence-corrected chi connectivity index (χ0v) is 11.0. The number of sulfonamides is 1. The third-order valence-corrected chi connectivity index (χ3v) is 3.76. The number of rotatable bonds is 6. The van der Waals surface area contributed by atoms with Crippen molar-refractivity contribution in [3.05, 3.63) is 24.3 Å². The molecule has 18 heavy (non-hydrogen) atoms. The van der Waals surface area contributed by atoms with Crippen molar-refractivity contribution in [2.24, 2.45) is 5.73 Å². The molecule has 0 aliphatic carbocycles. The van der Waals surface area contributed by atoms with Crippen LogP contribution in [0.2, 0.25) is 0 Å². The number of carbonyl (C=O) groups is 1. The summed E-state index contributed by atoms with van der Waals surface area (Å²) in [5.41, 5.74) is 5.86. The second kappa shape index (κ2) is 6.48. The molecule has 0 aliphatic rings. The highest BCUT2D eigenvalue weighted by molar-refractivity contribution is 7.89. The Kier molecular flexibility index (Phi) is 5.26. The summed E-state index contributed by atoms with van der Waals surface area (Å²) < 4.78 is 25.1. The molecule has 1 amide bonds. The van der Waals surface area contributed by atoms with Gasteiger partial charge in [-0.05, 0) is 44.3 Å². The Hall–Kier alpha value is -1.44. The van der Waals surface area contributed by atoms with Crippen molar-refractivity contribution in [1.82, 2.24) is 4.72 Å². The Morgan fingerprint density at radius 2 is 1.89 bits per heavy atom. The van der Waals surface area contributed by atoms with Gasteiger partial charge in [-0.3, -0.25) is 4.79 Å². The zero-order valence-electron chi connectivity index (χ0n) is 10.1. The molecule has 1 rings (SSSR count). The van der Waals surface area contributed by atoms with Crippen molar-refractivity contribution in [3.8, 4) is 0 Å². The Labute approximate surface area is 107 Å². The van der Waals surface area contributed by atoms with Crippen molar-refractivity contribution in [3.63, 3.8) is 0 Å². The number of nitrogens with two attached hydrogens (primary N) is 1. The molecule has 1 aromatic rings. The minimum atomic E-state index is -3.44. The summed E-state index contributed by atoms with van der Waals surface area (Å²) in [5.74, 6) is -0.135. The van der Waals surface area contributed by atoms with E-state index in [1.807, 2.05) is 0 Å². The Morgan fingerprint density at radius 3 is 2.39 bits per heavy atom. The molecule has 0 saturated carbocycles. The first-order valence-corrected chi connectivity index (χ1v) is 7.01. The molecule has 0 saturated heterocycles. The number of amides is 1. The SMILES string of the molecule is CNS(=O)(=O)c1ccc(NC(=O)CCCN)cc1. The van der Waals surface area contributed by atoms with E-state index in [9.17, 15) is 13.2 Å². The summed E-state index contributed by atoms with van der Waals surface area (Å²) >= 11 is 0. The van der Waals surface area contributed by atoms with Crippen molar-refractivity contribution < 1.29 is 13.2 Å². The maximum Gasteiger partial charge on any atom is 0.240 e. The lowest BCUT2D eigenvalue weighted by molar-refractivity contribution is -0.116. The standard InChI is InChI=1S/C11H17N3O3S/c1-13-18(16,17)10-6-4-9(5-7-10)14-11(15)3-2-8-12/h4-7,13H,2-3,8,12H2,1H3,(H,14,15). The highest BCUT2D eigenvalue weighted by Crippen LogP contribution is 2.13. The molecule has 0 fully saturated rings. The molecule has 0 atom stereocenters. The van der Waals surface area contributed by atoms with E-state index in [0.29, 0.717) is 25.1 Å². The highest BCUT2D eigenvalue weighted by atomic mass is 32.2. The van der Waals surface area contributed by atoms with Crippen molar-refractivity contribution in [1.29, 1.82) is 0 Å². The maximum atomic E-state index is 11.5. The quantitative estimate of drug-likeness (QED) is 0.691. The summed E-state index contributed by atoms with van der Waals surface area (Å²) in [4.78, 5) is 11.6. The van der Waals surface area contributed by atoms with Crippen molar-refractivity contribution >= 4 is 21.6 Å². The number of benzene rings is 1. The number of carbonyl (C=O) groups excluding carboxylic acids is 1. The van der Waals surface area contributed by atoms with Gasteiger partial charge >= 0.3 is 0 Å². The Balaban J connectivity index is 2.69. The van der Waals surface area contributed by atoms with E-state index in [1.165, 1.54) is 19.2 Å². The molecule has 1 aromatic carbocycles. The van der Waals surface area contributed by atoms with Crippen LogP contribution in [0.4, 0.5) is 5.69 Å². The topological polar surface area (TPSA) is 101 Å². The highest BCUT2D eigenvalue weighted by Gasteiger charge is 2.10. The van der Waals surface area contributed by atoms with E-state index in [1.54, 1.807) is 12.1 Å². The van der Waals surface area contributed by atoms with E-state index >= 15 is 0 Å². The van der Waals surface area contributed by atoms with Gasteiger partial charge in [0.05, 0.1) is 4.90 Å². The summed E-state index contributed by atoms with van der Waals surface area (Å²) in [6, 6.07) is 5.96. The first kappa shape index (κ1) is 14.6. The van der Waals surface area contributed by atoms with E-state index in [-0.39, 0.29) is 10.8 Å². The molecule has 0 bridgehead atoms. The van der Waals surface area contributed by atoms with Gasteiger partial charge in [-0.15, -0.1) is 0 Å².